The van der Waals surface area contributed by atoms with Gasteiger partial charge in [0.25, 0.3) is 0 Å². The topological polar surface area (TPSA) is 26.0 Å². The fourth-order valence-electron chi connectivity index (χ4n) is 3.24. The van der Waals surface area contributed by atoms with Crippen LogP contribution in [0.3, 0.4) is 0 Å². The zero-order valence-corrected chi connectivity index (χ0v) is 11.8. The normalized spacial score (nSPS) is 27.8. The molecule has 1 aliphatic carbocycles. The van der Waals surface area contributed by atoms with Crippen LogP contribution in [-0.4, -0.2) is 5.54 Å². The van der Waals surface area contributed by atoms with Crippen LogP contribution in [0.2, 0.25) is 0 Å². The van der Waals surface area contributed by atoms with Gasteiger partial charge in [-0.05, 0) is 42.7 Å². The molecule has 106 valence electrons. The number of rotatable bonds is 3. The van der Waals surface area contributed by atoms with Gasteiger partial charge in [-0.3, -0.25) is 0 Å². The van der Waals surface area contributed by atoms with E-state index in [1.54, 1.807) is 12.1 Å². The molecular formula is C16H23F2N. The number of halogens is 2. The summed E-state index contributed by atoms with van der Waals surface area (Å²) in [6, 6.07) is 4.35. The Hall–Kier alpha value is -0.960. The zero-order valence-electron chi connectivity index (χ0n) is 11.8. The minimum absolute atomic E-state index is 0.387. The zero-order chi connectivity index (χ0) is 14.0. The third kappa shape index (κ3) is 3.33. The Morgan fingerprint density at radius 1 is 1.37 bits per heavy atom. The predicted molar refractivity (Wildman–Crippen MR) is 73.8 cm³/mol. The van der Waals surface area contributed by atoms with Gasteiger partial charge in [0, 0.05) is 5.54 Å². The molecule has 1 aromatic rings. The minimum Gasteiger partial charge on any atom is -0.325 e. The minimum atomic E-state index is -0.780. The lowest BCUT2D eigenvalue weighted by atomic mass is 9.70. The van der Waals surface area contributed by atoms with Crippen molar-refractivity contribution in [3.05, 3.63) is 35.4 Å². The number of nitrogens with two attached hydrogens (primary N) is 1. The Bertz CT molecular complexity index is 444. The molecule has 0 heterocycles. The third-order valence-electron chi connectivity index (χ3n) is 4.44. The van der Waals surface area contributed by atoms with Crippen molar-refractivity contribution in [2.24, 2.45) is 17.6 Å². The van der Waals surface area contributed by atoms with Crippen molar-refractivity contribution in [2.75, 3.05) is 0 Å². The molecule has 2 rings (SSSR count). The first kappa shape index (κ1) is 14.4. The van der Waals surface area contributed by atoms with Crippen LogP contribution in [0.15, 0.2) is 18.2 Å². The van der Waals surface area contributed by atoms with Crippen LogP contribution in [0.1, 0.15) is 45.1 Å². The van der Waals surface area contributed by atoms with Crippen molar-refractivity contribution >= 4 is 0 Å². The summed E-state index contributed by atoms with van der Waals surface area (Å²) >= 11 is 0. The second-order valence-corrected chi connectivity index (χ2v) is 6.35. The monoisotopic (exact) mass is 267 g/mol. The molecular weight excluding hydrogens is 244 g/mol. The lowest BCUT2D eigenvalue weighted by molar-refractivity contribution is 0.181. The molecule has 1 saturated carbocycles. The van der Waals surface area contributed by atoms with Crippen LogP contribution in [-0.2, 0) is 6.42 Å². The summed E-state index contributed by atoms with van der Waals surface area (Å²) in [6.45, 7) is 4.42. The molecule has 0 aromatic heterocycles. The second kappa shape index (κ2) is 5.58. The average molecular weight is 267 g/mol. The first-order valence-electron chi connectivity index (χ1n) is 7.13. The molecule has 3 heteroatoms. The fraction of sp³-hybridized carbons (Fsp3) is 0.625. The first-order valence-corrected chi connectivity index (χ1v) is 7.13. The van der Waals surface area contributed by atoms with Gasteiger partial charge in [0.2, 0.25) is 0 Å². The molecule has 19 heavy (non-hydrogen) atoms. The molecule has 1 aliphatic rings. The van der Waals surface area contributed by atoms with Gasteiger partial charge < -0.3 is 5.73 Å². The van der Waals surface area contributed by atoms with Gasteiger partial charge in [-0.2, -0.15) is 0 Å². The van der Waals surface area contributed by atoms with E-state index in [9.17, 15) is 8.78 Å². The molecule has 2 unspecified atom stereocenters. The van der Waals surface area contributed by atoms with Gasteiger partial charge in [0.15, 0.2) is 11.6 Å². The molecule has 1 aromatic carbocycles. The average Bonchev–Trinajstić information content (AvgIpc) is 2.35. The highest BCUT2D eigenvalue weighted by Gasteiger charge is 2.34. The molecule has 0 spiro atoms. The van der Waals surface area contributed by atoms with Crippen LogP contribution < -0.4 is 5.73 Å². The largest absolute Gasteiger partial charge is 0.325 e. The highest BCUT2D eigenvalue weighted by atomic mass is 19.2. The summed E-state index contributed by atoms with van der Waals surface area (Å²) in [5.74, 6) is -0.327. The van der Waals surface area contributed by atoms with E-state index in [0.717, 1.165) is 25.3 Å². The van der Waals surface area contributed by atoms with Crippen molar-refractivity contribution in [1.29, 1.82) is 0 Å². The van der Waals surface area contributed by atoms with E-state index in [1.807, 2.05) is 0 Å². The van der Waals surface area contributed by atoms with Crippen LogP contribution in [0.25, 0.3) is 0 Å². The van der Waals surface area contributed by atoms with Crippen LogP contribution in [0.4, 0.5) is 8.78 Å². The quantitative estimate of drug-likeness (QED) is 0.878. The lowest BCUT2D eigenvalue weighted by Crippen LogP contribution is -2.47. The van der Waals surface area contributed by atoms with E-state index in [0.29, 0.717) is 23.8 Å². The van der Waals surface area contributed by atoms with Gasteiger partial charge in [-0.25, -0.2) is 8.78 Å². The van der Waals surface area contributed by atoms with Gasteiger partial charge in [0.05, 0.1) is 0 Å². The second-order valence-electron chi connectivity index (χ2n) is 6.35. The van der Waals surface area contributed by atoms with Crippen molar-refractivity contribution in [1.82, 2.24) is 0 Å². The van der Waals surface area contributed by atoms with Crippen LogP contribution in [0.5, 0.6) is 0 Å². The van der Waals surface area contributed by atoms with Crippen molar-refractivity contribution in [2.45, 2.75) is 51.5 Å². The lowest BCUT2D eigenvalue weighted by Gasteiger charge is -2.40. The van der Waals surface area contributed by atoms with Gasteiger partial charge in [0.1, 0.15) is 0 Å². The number of hydrogen-bond acceptors (Lipinski definition) is 1. The summed E-state index contributed by atoms with van der Waals surface area (Å²) in [7, 11) is 0. The Morgan fingerprint density at radius 2 is 2.11 bits per heavy atom. The number of benzene rings is 1. The molecule has 1 nitrogen and oxygen atoms in total. The molecule has 0 aliphatic heterocycles. The highest BCUT2D eigenvalue weighted by Crippen LogP contribution is 2.37. The van der Waals surface area contributed by atoms with E-state index in [2.05, 4.69) is 13.8 Å². The van der Waals surface area contributed by atoms with E-state index >= 15 is 0 Å². The summed E-state index contributed by atoms with van der Waals surface area (Å²) in [5.41, 5.74) is 6.47. The number of hydrogen-bond donors (Lipinski definition) is 1. The smallest absolute Gasteiger partial charge is 0.162 e. The Morgan fingerprint density at radius 3 is 2.79 bits per heavy atom. The predicted octanol–water partition coefficient (Wildman–Crippen LogP) is 4.05. The van der Waals surface area contributed by atoms with Crippen LogP contribution >= 0.6 is 0 Å². The van der Waals surface area contributed by atoms with Gasteiger partial charge in [-0.15, -0.1) is 0 Å². The standard InChI is InChI=1S/C16H23F2N/c1-11(2)12-6-4-8-16(19,9-12)10-13-5-3-7-14(17)15(13)18/h3,5,7,11-12H,4,6,8-10,19H2,1-2H3. The maximum Gasteiger partial charge on any atom is 0.162 e. The van der Waals surface area contributed by atoms with Crippen molar-refractivity contribution < 1.29 is 8.78 Å². The molecule has 0 bridgehead atoms. The SMILES string of the molecule is CC(C)C1CCCC(N)(Cc2cccc(F)c2F)C1. The molecule has 2 N–H and O–H groups in total. The summed E-state index contributed by atoms with van der Waals surface area (Å²) in [5, 5.41) is 0. The van der Waals surface area contributed by atoms with Crippen molar-refractivity contribution in [3.8, 4) is 0 Å². The molecule has 1 fully saturated rings. The third-order valence-corrected chi connectivity index (χ3v) is 4.44. The van der Waals surface area contributed by atoms with Crippen molar-refractivity contribution in [3.63, 3.8) is 0 Å². The van der Waals surface area contributed by atoms with E-state index in [1.165, 1.54) is 6.42 Å². The Kier molecular flexibility index (Phi) is 4.24. The maximum absolute atomic E-state index is 13.8. The summed E-state index contributed by atoms with van der Waals surface area (Å²) in [4.78, 5) is 0. The first-order chi connectivity index (χ1) is 8.91. The van der Waals surface area contributed by atoms with E-state index in [-0.39, 0.29) is 5.54 Å². The summed E-state index contributed by atoms with van der Waals surface area (Å²) in [6.07, 6.45) is 4.51. The van der Waals surface area contributed by atoms with Gasteiger partial charge in [-0.1, -0.05) is 38.8 Å². The Labute approximate surface area is 114 Å². The molecule has 0 radical (unpaired) electrons. The molecule has 0 amide bonds. The maximum atomic E-state index is 13.8. The molecule has 0 saturated heterocycles. The summed E-state index contributed by atoms with van der Waals surface area (Å²) < 4.78 is 27.0. The fourth-order valence-corrected chi connectivity index (χ4v) is 3.24. The van der Waals surface area contributed by atoms with E-state index < -0.39 is 11.6 Å². The van der Waals surface area contributed by atoms with Crippen LogP contribution in [0, 0.1) is 23.5 Å². The Balaban J connectivity index is 2.14. The molecule has 2 atom stereocenters. The highest BCUT2D eigenvalue weighted by molar-refractivity contribution is 5.21. The van der Waals surface area contributed by atoms with Gasteiger partial charge >= 0.3 is 0 Å². The van der Waals surface area contributed by atoms with E-state index in [4.69, 9.17) is 5.73 Å².